The Balaban J connectivity index is 1.26. The Morgan fingerprint density at radius 2 is 1.72 bits per heavy atom. The Labute approximate surface area is 175 Å². The molecule has 2 aromatic rings. The molecule has 154 valence electrons. The van der Waals surface area contributed by atoms with Crippen molar-refractivity contribution >= 4 is 17.7 Å². The third-order valence-corrected chi connectivity index (χ3v) is 6.01. The van der Waals surface area contributed by atoms with Gasteiger partial charge in [-0.1, -0.05) is 24.3 Å². The van der Waals surface area contributed by atoms with Gasteiger partial charge in [0.15, 0.2) is 0 Å². The lowest BCUT2D eigenvalue weighted by Gasteiger charge is -2.20. The molecule has 2 heterocycles. The molecule has 7 heteroatoms. The van der Waals surface area contributed by atoms with Crippen molar-refractivity contribution in [3.8, 4) is 11.5 Å². The maximum atomic E-state index is 12.6. The molecule has 2 saturated heterocycles. The summed E-state index contributed by atoms with van der Waals surface area (Å²) in [5.74, 6) is 2.01. The van der Waals surface area contributed by atoms with Crippen molar-refractivity contribution in [3.63, 3.8) is 0 Å². The van der Waals surface area contributed by atoms with Crippen LogP contribution >= 0.6 is 11.8 Å². The Morgan fingerprint density at radius 1 is 1.03 bits per heavy atom. The van der Waals surface area contributed by atoms with E-state index in [2.05, 4.69) is 0 Å². The molecule has 29 heavy (non-hydrogen) atoms. The number of hydrogen-bond donors (Lipinski definition) is 0. The topological polar surface area (TPSA) is 57.2 Å². The molecule has 4 rings (SSSR count). The Morgan fingerprint density at radius 3 is 2.41 bits per heavy atom. The van der Waals surface area contributed by atoms with Crippen LogP contribution in [0.2, 0.25) is 0 Å². The zero-order valence-electron chi connectivity index (χ0n) is 16.4. The fraction of sp³-hybridized carbons (Fsp3) is 0.409. The standard InChI is InChI=1S/C22H25NO5S/c1-25-16-6-5-7-17(10-16)28-18-13-26-20-11-23(12-21(20)27-14-18)22(24)15-29-19-8-3-2-4-9-19/h2-10,18,20-21H,11-15H2,1H3/t20-,21-/m0/s1. The van der Waals surface area contributed by atoms with Crippen LogP contribution in [0, 0.1) is 0 Å². The molecule has 0 N–H and O–H groups in total. The summed E-state index contributed by atoms with van der Waals surface area (Å²) in [4.78, 5) is 15.5. The molecule has 6 nitrogen and oxygen atoms in total. The Bertz CT molecular complexity index is 802. The van der Waals surface area contributed by atoms with E-state index in [4.69, 9.17) is 18.9 Å². The molecule has 1 amide bonds. The van der Waals surface area contributed by atoms with Gasteiger partial charge in [-0.05, 0) is 24.3 Å². The van der Waals surface area contributed by atoms with E-state index in [0.717, 1.165) is 16.4 Å². The van der Waals surface area contributed by atoms with Crippen molar-refractivity contribution in [2.75, 3.05) is 39.2 Å². The number of nitrogens with zero attached hydrogens (tertiary/aromatic N) is 1. The number of methoxy groups -OCH3 is 1. The van der Waals surface area contributed by atoms with Gasteiger partial charge in [0.2, 0.25) is 5.91 Å². The zero-order valence-corrected chi connectivity index (χ0v) is 17.2. The van der Waals surface area contributed by atoms with E-state index in [1.165, 1.54) is 0 Å². The van der Waals surface area contributed by atoms with Gasteiger partial charge in [-0.15, -0.1) is 11.8 Å². The number of benzene rings is 2. The van der Waals surface area contributed by atoms with Crippen LogP contribution < -0.4 is 9.47 Å². The van der Waals surface area contributed by atoms with Gasteiger partial charge in [0.1, 0.15) is 29.8 Å². The van der Waals surface area contributed by atoms with Gasteiger partial charge in [0, 0.05) is 24.1 Å². The molecular formula is C22H25NO5S. The number of rotatable bonds is 6. The second kappa shape index (κ2) is 9.52. The summed E-state index contributed by atoms with van der Waals surface area (Å²) in [7, 11) is 1.63. The van der Waals surface area contributed by atoms with Crippen molar-refractivity contribution in [2.24, 2.45) is 0 Å². The number of thioether (sulfide) groups is 1. The molecule has 2 atom stereocenters. The highest BCUT2D eigenvalue weighted by Crippen LogP contribution is 2.25. The third-order valence-electron chi connectivity index (χ3n) is 5.01. The van der Waals surface area contributed by atoms with Gasteiger partial charge in [-0.2, -0.15) is 0 Å². The molecule has 2 fully saturated rings. The first-order chi connectivity index (χ1) is 14.2. The molecule has 0 bridgehead atoms. The Kier molecular flexibility index (Phi) is 6.59. The summed E-state index contributed by atoms with van der Waals surface area (Å²) in [6.07, 6.45) is -0.412. The number of carbonyl (C=O) groups is 1. The predicted octanol–water partition coefficient (Wildman–Crippen LogP) is 2.86. The molecule has 2 aliphatic rings. The first kappa shape index (κ1) is 20.1. The lowest BCUT2D eigenvalue weighted by atomic mass is 10.3. The number of ether oxygens (including phenoxy) is 4. The molecule has 0 radical (unpaired) electrons. The summed E-state index contributed by atoms with van der Waals surface area (Å²) in [6, 6.07) is 17.5. The highest BCUT2D eigenvalue weighted by atomic mass is 32.2. The van der Waals surface area contributed by atoms with Crippen LogP contribution in [0.5, 0.6) is 11.5 Å². The second-order valence-corrected chi connectivity index (χ2v) is 8.11. The average molecular weight is 416 g/mol. The summed E-state index contributed by atoms with van der Waals surface area (Å²) in [5, 5.41) is 0. The number of hydrogen-bond acceptors (Lipinski definition) is 6. The van der Waals surface area contributed by atoms with Crippen molar-refractivity contribution in [3.05, 3.63) is 54.6 Å². The minimum Gasteiger partial charge on any atom is -0.497 e. The summed E-state index contributed by atoms with van der Waals surface area (Å²) >= 11 is 1.55. The molecule has 0 unspecified atom stereocenters. The van der Waals surface area contributed by atoms with Crippen molar-refractivity contribution < 1.29 is 23.7 Å². The van der Waals surface area contributed by atoms with E-state index in [-0.39, 0.29) is 24.2 Å². The van der Waals surface area contributed by atoms with Crippen LogP contribution in [0.3, 0.4) is 0 Å². The molecule has 2 aliphatic heterocycles. The number of likely N-dealkylation sites (tertiary alicyclic amines) is 1. The quantitative estimate of drug-likeness (QED) is 0.677. The fourth-order valence-electron chi connectivity index (χ4n) is 3.47. The van der Waals surface area contributed by atoms with E-state index in [1.54, 1.807) is 18.9 Å². The fourth-order valence-corrected chi connectivity index (χ4v) is 4.29. The molecule has 0 saturated carbocycles. The zero-order chi connectivity index (χ0) is 20.1. The van der Waals surface area contributed by atoms with Gasteiger partial charge in [0.25, 0.3) is 0 Å². The van der Waals surface area contributed by atoms with E-state index in [9.17, 15) is 4.79 Å². The van der Waals surface area contributed by atoms with E-state index < -0.39 is 0 Å². The monoisotopic (exact) mass is 415 g/mol. The van der Waals surface area contributed by atoms with Crippen molar-refractivity contribution in [2.45, 2.75) is 23.2 Å². The van der Waals surface area contributed by atoms with Gasteiger partial charge < -0.3 is 23.8 Å². The predicted molar refractivity (Wildman–Crippen MR) is 111 cm³/mol. The van der Waals surface area contributed by atoms with Gasteiger partial charge in [0.05, 0.1) is 26.1 Å². The van der Waals surface area contributed by atoms with Gasteiger partial charge >= 0.3 is 0 Å². The molecule has 2 aromatic carbocycles. The van der Waals surface area contributed by atoms with Crippen LogP contribution in [0.15, 0.2) is 59.5 Å². The minimum absolute atomic E-state index is 0.111. The summed E-state index contributed by atoms with van der Waals surface area (Å²) in [5.41, 5.74) is 0. The van der Waals surface area contributed by atoms with Crippen LogP contribution in [0.1, 0.15) is 0 Å². The number of amides is 1. The number of fused-ring (bicyclic) bond motifs is 1. The molecule has 0 spiro atoms. The lowest BCUT2D eigenvalue weighted by Crippen LogP contribution is -2.33. The van der Waals surface area contributed by atoms with Crippen LogP contribution in [-0.2, 0) is 14.3 Å². The van der Waals surface area contributed by atoms with E-state index in [1.807, 2.05) is 59.5 Å². The summed E-state index contributed by atoms with van der Waals surface area (Å²) < 4.78 is 23.3. The maximum absolute atomic E-state index is 12.6. The first-order valence-electron chi connectivity index (χ1n) is 9.71. The van der Waals surface area contributed by atoms with Crippen molar-refractivity contribution in [1.29, 1.82) is 0 Å². The van der Waals surface area contributed by atoms with Crippen LogP contribution in [0.4, 0.5) is 0 Å². The smallest absolute Gasteiger partial charge is 0.233 e. The lowest BCUT2D eigenvalue weighted by molar-refractivity contribution is -0.128. The van der Waals surface area contributed by atoms with Gasteiger partial charge in [-0.3, -0.25) is 4.79 Å². The number of carbonyl (C=O) groups excluding carboxylic acids is 1. The molecule has 0 aromatic heterocycles. The van der Waals surface area contributed by atoms with Gasteiger partial charge in [-0.25, -0.2) is 0 Å². The van der Waals surface area contributed by atoms with Crippen LogP contribution in [-0.4, -0.2) is 68.3 Å². The van der Waals surface area contributed by atoms with E-state index in [0.29, 0.717) is 32.1 Å². The van der Waals surface area contributed by atoms with E-state index >= 15 is 0 Å². The molecular weight excluding hydrogens is 390 g/mol. The Hall–Kier alpha value is -2.22. The maximum Gasteiger partial charge on any atom is 0.233 e. The highest BCUT2D eigenvalue weighted by molar-refractivity contribution is 8.00. The van der Waals surface area contributed by atoms with Crippen molar-refractivity contribution in [1.82, 2.24) is 4.90 Å². The second-order valence-electron chi connectivity index (χ2n) is 7.06. The third kappa shape index (κ3) is 5.23. The SMILES string of the molecule is COc1cccc(OC2CO[C@H]3CN(C(=O)CSc4ccccc4)C[C@@H]3OC2)c1. The molecule has 0 aliphatic carbocycles. The largest absolute Gasteiger partial charge is 0.497 e. The normalized spacial score (nSPS) is 22.0. The van der Waals surface area contributed by atoms with Crippen LogP contribution in [0.25, 0.3) is 0 Å². The summed E-state index contributed by atoms with van der Waals surface area (Å²) in [6.45, 7) is 1.98. The average Bonchev–Trinajstić information content (AvgIpc) is 3.09. The first-order valence-corrected chi connectivity index (χ1v) is 10.7. The highest BCUT2D eigenvalue weighted by Gasteiger charge is 2.39. The minimum atomic E-state index is -0.189.